The van der Waals surface area contributed by atoms with Crippen LogP contribution in [-0.2, 0) is 40.1 Å². The van der Waals surface area contributed by atoms with Crippen molar-refractivity contribution in [2.24, 2.45) is 0 Å². The van der Waals surface area contributed by atoms with Gasteiger partial charge in [0.2, 0.25) is 12.0 Å². The summed E-state index contributed by atoms with van der Waals surface area (Å²) in [6.45, 7) is -0.396. The third kappa shape index (κ3) is 3.45. The number of hydrogen-bond donors (Lipinski definition) is 1. The lowest BCUT2D eigenvalue weighted by atomic mass is 10.2. The highest BCUT2D eigenvalue weighted by atomic mass is 17.0. The highest BCUT2D eigenvalue weighted by Crippen LogP contribution is 2.17. The second-order valence-corrected chi connectivity index (χ2v) is 4.95. The van der Waals surface area contributed by atoms with Crippen molar-refractivity contribution in [3.8, 4) is 0 Å². The van der Waals surface area contributed by atoms with Gasteiger partial charge in [-0.05, 0) is 15.7 Å². The molecular formula is C11H12N6O7. The lowest BCUT2D eigenvalue weighted by molar-refractivity contribution is -0.306. The van der Waals surface area contributed by atoms with Crippen LogP contribution in [0.4, 0.5) is 0 Å². The van der Waals surface area contributed by atoms with Crippen LogP contribution >= 0.6 is 0 Å². The zero-order valence-electron chi connectivity index (χ0n) is 12.2. The summed E-state index contributed by atoms with van der Waals surface area (Å²) in [5, 5.41) is 13.0. The zero-order chi connectivity index (χ0) is 17.1. The second-order valence-electron chi connectivity index (χ2n) is 4.95. The van der Waals surface area contributed by atoms with Crippen LogP contribution in [0.3, 0.4) is 0 Å². The molecule has 2 aliphatic rings. The van der Waals surface area contributed by atoms with Crippen LogP contribution in [0.25, 0.3) is 0 Å². The van der Waals surface area contributed by atoms with E-state index in [0.29, 0.717) is 5.23 Å². The molecule has 24 heavy (non-hydrogen) atoms. The smallest absolute Gasteiger partial charge is 0.375 e. The molecular weight excluding hydrogens is 328 g/mol. The van der Waals surface area contributed by atoms with Crippen molar-refractivity contribution >= 4 is 23.8 Å². The van der Waals surface area contributed by atoms with Crippen molar-refractivity contribution in [3.05, 3.63) is 6.33 Å². The summed E-state index contributed by atoms with van der Waals surface area (Å²) in [6, 6.07) is -1.02. The van der Waals surface area contributed by atoms with Gasteiger partial charge in [0.1, 0.15) is 25.5 Å². The number of aromatic nitrogens is 4. The molecule has 3 heterocycles. The normalized spacial score (nSPS) is 23.2. The van der Waals surface area contributed by atoms with Crippen molar-refractivity contribution in [3.63, 3.8) is 0 Å². The van der Waals surface area contributed by atoms with E-state index in [1.165, 1.54) is 11.0 Å². The van der Waals surface area contributed by atoms with Crippen LogP contribution in [0.5, 0.6) is 0 Å². The Morgan fingerprint density at radius 2 is 2.25 bits per heavy atom. The van der Waals surface area contributed by atoms with E-state index in [0.717, 1.165) is 0 Å². The minimum absolute atomic E-state index is 0.102. The first-order valence-electron chi connectivity index (χ1n) is 6.91. The molecule has 2 saturated heterocycles. The number of carbonyl (C=O) groups excluding carboxylic acids is 4. The lowest BCUT2D eigenvalue weighted by Gasteiger charge is -2.15. The maximum absolute atomic E-state index is 12.0. The van der Waals surface area contributed by atoms with Gasteiger partial charge in [-0.2, -0.15) is 0 Å². The topological polar surface area (TPSA) is 155 Å². The number of cyclic esters (lactones) is 1. The molecule has 1 aromatic heterocycles. The van der Waals surface area contributed by atoms with Crippen LogP contribution in [-0.4, -0.2) is 67.9 Å². The Kier molecular flexibility index (Phi) is 4.33. The lowest BCUT2D eigenvalue weighted by Crippen LogP contribution is -2.44. The molecule has 0 saturated carbocycles. The molecule has 13 nitrogen and oxygen atoms in total. The molecule has 3 rings (SSSR count). The van der Waals surface area contributed by atoms with Crippen molar-refractivity contribution in [2.45, 2.75) is 31.5 Å². The van der Waals surface area contributed by atoms with Gasteiger partial charge in [0.25, 0.3) is 0 Å². The summed E-state index contributed by atoms with van der Waals surface area (Å²) >= 11 is 0. The molecule has 2 amide bonds. The average Bonchev–Trinajstić information content (AvgIpc) is 3.26. The molecule has 2 atom stereocenters. The largest absolute Gasteiger partial charge is 0.450 e. The van der Waals surface area contributed by atoms with Gasteiger partial charge in [0, 0.05) is 12.8 Å². The Bertz CT molecular complexity index is 662. The van der Waals surface area contributed by atoms with Crippen LogP contribution in [0.2, 0.25) is 0 Å². The Hall–Kier alpha value is -3.09. The number of nitrogens with one attached hydrogen (secondary N) is 1. The molecule has 0 spiro atoms. The summed E-state index contributed by atoms with van der Waals surface area (Å²) in [4.78, 5) is 56.1. The van der Waals surface area contributed by atoms with Gasteiger partial charge in [-0.15, -0.1) is 5.10 Å². The molecule has 0 aliphatic carbocycles. The number of rotatable bonds is 5. The number of nitrogens with zero attached hydrogens (tertiary/aromatic N) is 5. The predicted octanol–water partition coefficient (Wildman–Crippen LogP) is -2.90. The average molecular weight is 340 g/mol. The molecule has 128 valence electrons. The molecule has 0 aromatic carbocycles. The monoisotopic (exact) mass is 340 g/mol. The van der Waals surface area contributed by atoms with E-state index in [2.05, 4.69) is 20.8 Å². The summed E-state index contributed by atoms with van der Waals surface area (Å²) in [6.07, 6.45) is 0.446. The molecule has 1 unspecified atom stereocenters. The molecule has 2 aliphatic heterocycles. The molecule has 0 radical (unpaired) electrons. The Labute approximate surface area is 133 Å². The second kappa shape index (κ2) is 6.57. The number of ether oxygens (including phenoxy) is 1. The number of hydrogen-bond acceptors (Lipinski definition) is 10. The van der Waals surface area contributed by atoms with E-state index in [1.807, 2.05) is 0 Å². The fraction of sp³-hybridized carbons (Fsp3) is 0.545. The highest BCUT2D eigenvalue weighted by molar-refractivity contribution is 5.89. The van der Waals surface area contributed by atoms with Crippen LogP contribution in [0.15, 0.2) is 6.33 Å². The van der Waals surface area contributed by atoms with Gasteiger partial charge in [-0.3, -0.25) is 14.4 Å². The van der Waals surface area contributed by atoms with E-state index < -0.39 is 35.9 Å². The number of hydroxylamine groups is 2. The summed E-state index contributed by atoms with van der Waals surface area (Å²) in [7, 11) is 0. The van der Waals surface area contributed by atoms with Gasteiger partial charge < -0.3 is 14.9 Å². The summed E-state index contributed by atoms with van der Waals surface area (Å²) in [5.41, 5.74) is 0. The SMILES string of the molecule is O=C(Cn1cnnn1)N[C@H]1CON(OC(=O)C2CCC(=O)O2)C1=O. The first-order chi connectivity index (χ1) is 11.5. The third-order valence-corrected chi connectivity index (χ3v) is 3.19. The highest BCUT2D eigenvalue weighted by Gasteiger charge is 2.40. The van der Waals surface area contributed by atoms with Crippen molar-refractivity contribution in [2.75, 3.05) is 6.61 Å². The zero-order valence-corrected chi connectivity index (χ0v) is 12.2. The van der Waals surface area contributed by atoms with Gasteiger partial charge in [0.05, 0.1) is 0 Å². The molecule has 1 aromatic rings. The molecule has 2 fully saturated rings. The molecule has 13 heteroatoms. The number of carbonyl (C=O) groups is 4. The minimum atomic E-state index is -1.07. The number of tetrazole rings is 1. The Balaban J connectivity index is 1.48. The maximum Gasteiger partial charge on any atom is 0.375 e. The van der Waals surface area contributed by atoms with E-state index in [-0.39, 0.29) is 26.0 Å². The number of amides is 2. The van der Waals surface area contributed by atoms with Crippen molar-refractivity contribution in [1.29, 1.82) is 0 Å². The van der Waals surface area contributed by atoms with Crippen LogP contribution in [0.1, 0.15) is 12.8 Å². The predicted molar refractivity (Wildman–Crippen MR) is 67.8 cm³/mol. The van der Waals surface area contributed by atoms with Gasteiger partial charge >= 0.3 is 17.8 Å². The standard InChI is InChI=1S/C11H12N6O7/c18-8(3-16-5-12-14-15-16)13-6-4-22-17(10(6)20)24-11(21)7-1-2-9(19)23-7/h5-7H,1-4H2,(H,13,18)/t6-,7?/m0/s1. The maximum atomic E-state index is 12.0. The fourth-order valence-corrected chi connectivity index (χ4v) is 2.05. The van der Waals surface area contributed by atoms with Gasteiger partial charge in [0.15, 0.2) is 0 Å². The van der Waals surface area contributed by atoms with Crippen molar-refractivity contribution in [1.82, 2.24) is 30.8 Å². The Morgan fingerprint density at radius 1 is 1.42 bits per heavy atom. The van der Waals surface area contributed by atoms with E-state index in [4.69, 9.17) is 14.4 Å². The fourth-order valence-electron chi connectivity index (χ4n) is 2.05. The number of esters is 1. The van der Waals surface area contributed by atoms with Crippen molar-refractivity contribution < 1.29 is 33.6 Å². The minimum Gasteiger partial charge on any atom is -0.450 e. The van der Waals surface area contributed by atoms with E-state index >= 15 is 0 Å². The Morgan fingerprint density at radius 3 is 2.92 bits per heavy atom. The molecule has 0 bridgehead atoms. The quantitative estimate of drug-likeness (QED) is 0.551. The third-order valence-electron chi connectivity index (χ3n) is 3.19. The van der Waals surface area contributed by atoms with Gasteiger partial charge in [-0.25, -0.2) is 14.3 Å². The first kappa shape index (κ1) is 15.8. The van der Waals surface area contributed by atoms with Crippen LogP contribution < -0.4 is 5.32 Å². The first-order valence-corrected chi connectivity index (χ1v) is 6.91. The summed E-state index contributed by atoms with van der Waals surface area (Å²) < 4.78 is 5.89. The van der Waals surface area contributed by atoms with E-state index in [9.17, 15) is 19.2 Å². The van der Waals surface area contributed by atoms with Gasteiger partial charge in [-0.1, -0.05) is 0 Å². The molecule has 1 N–H and O–H groups in total. The van der Waals surface area contributed by atoms with Crippen LogP contribution in [0, 0.1) is 0 Å². The van der Waals surface area contributed by atoms with E-state index in [1.54, 1.807) is 0 Å². The summed E-state index contributed by atoms with van der Waals surface area (Å²) in [5.74, 6) is -2.73.